The van der Waals surface area contributed by atoms with Gasteiger partial charge in [-0.3, -0.25) is 24.5 Å². The first-order valence-corrected chi connectivity index (χ1v) is 7.06. The predicted octanol–water partition coefficient (Wildman–Crippen LogP) is 0.554. The molecule has 2 rings (SSSR count). The number of nitro groups is 1. The summed E-state index contributed by atoms with van der Waals surface area (Å²) in [6.45, 7) is 3.53. The number of rotatable bonds is 4. The van der Waals surface area contributed by atoms with Crippen LogP contribution in [0.1, 0.15) is 17.3 Å². The highest BCUT2D eigenvalue weighted by atomic mass is 16.6. The zero-order valence-corrected chi connectivity index (χ0v) is 12.9. The number of nitrogens with one attached hydrogen (secondary N) is 1. The summed E-state index contributed by atoms with van der Waals surface area (Å²) >= 11 is 0. The van der Waals surface area contributed by atoms with Crippen molar-refractivity contribution in [3.63, 3.8) is 0 Å². The van der Waals surface area contributed by atoms with Crippen LogP contribution >= 0.6 is 0 Å². The summed E-state index contributed by atoms with van der Waals surface area (Å²) < 4.78 is 0. The molecular weight excluding hydrogens is 304 g/mol. The number of anilines is 1. The number of piperazine rings is 1. The molecule has 0 aromatic heterocycles. The van der Waals surface area contributed by atoms with E-state index in [2.05, 4.69) is 10.3 Å². The third kappa shape index (κ3) is 3.75. The second-order valence-corrected chi connectivity index (χ2v) is 5.09. The van der Waals surface area contributed by atoms with Crippen LogP contribution in [0.15, 0.2) is 18.2 Å². The van der Waals surface area contributed by atoms with Crippen LogP contribution in [0.3, 0.4) is 0 Å². The molecule has 0 saturated carbocycles. The number of hydroxylamine groups is 1. The second kappa shape index (κ2) is 7.05. The quantitative estimate of drug-likeness (QED) is 0.641. The number of nitro benzene ring substituents is 1. The van der Waals surface area contributed by atoms with Crippen molar-refractivity contribution >= 4 is 23.2 Å². The summed E-state index contributed by atoms with van der Waals surface area (Å²) in [5.41, 5.74) is 2.56. The minimum atomic E-state index is -0.552. The minimum Gasteiger partial charge on any atom is -0.362 e. The maximum Gasteiger partial charge on any atom is 0.293 e. The van der Waals surface area contributed by atoms with Gasteiger partial charge in [0.15, 0.2) is 0 Å². The van der Waals surface area contributed by atoms with Gasteiger partial charge >= 0.3 is 0 Å². The molecule has 0 spiro atoms. The van der Waals surface area contributed by atoms with Crippen molar-refractivity contribution in [1.82, 2.24) is 10.4 Å². The lowest BCUT2D eigenvalue weighted by Crippen LogP contribution is -2.48. The van der Waals surface area contributed by atoms with Crippen molar-refractivity contribution in [3.8, 4) is 0 Å². The van der Waals surface area contributed by atoms with Crippen LogP contribution in [0.2, 0.25) is 0 Å². The molecule has 1 fully saturated rings. The minimum absolute atomic E-state index is 0.00858. The Hall–Kier alpha value is -2.68. The molecule has 1 N–H and O–H groups in total. The number of benzene rings is 1. The molecule has 0 aliphatic carbocycles. The van der Waals surface area contributed by atoms with E-state index in [1.165, 1.54) is 26.2 Å². The van der Waals surface area contributed by atoms with Crippen LogP contribution in [0.4, 0.5) is 11.4 Å². The fourth-order valence-electron chi connectivity index (χ4n) is 2.49. The molecule has 1 saturated heterocycles. The van der Waals surface area contributed by atoms with Gasteiger partial charge in [-0.05, 0) is 12.1 Å². The van der Waals surface area contributed by atoms with Gasteiger partial charge in [0.1, 0.15) is 5.69 Å². The molecule has 1 aromatic rings. The number of carbonyl (C=O) groups is 2. The highest BCUT2D eigenvalue weighted by Gasteiger charge is 2.25. The van der Waals surface area contributed by atoms with Crippen molar-refractivity contribution in [3.05, 3.63) is 33.9 Å². The lowest BCUT2D eigenvalue weighted by Gasteiger charge is -2.35. The molecule has 0 unspecified atom stereocenters. The van der Waals surface area contributed by atoms with Gasteiger partial charge < -0.3 is 9.80 Å². The van der Waals surface area contributed by atoms with Crippen LogP contribution in [0.25, 0.3) is 0 Å². The first-order chi connectivity index (χ1) is 10.9. The normalized spacial score (nSPS) is 14.5. The van der Waals surface area contributed by atoms with Crippen LogP contribution in [-0.4, -0.2) is 54.9 Å². The number of hydrogen-bond acceptors (Lipinski definition) is 6. The van der Waals surface area contributed by atoms with Crippen molar-refractivity contribution in [2.75, 3.05) is 38.2 Å². The van der Waals surface area contributed by atoms with E-state index < -0.39 is 10.8 Å². The average molecular weight is 322 g/mol. The SMILES string of the molecule is CONC(=O)c1ccc(N2CCN(C(C)=O)CC2)c([N+](=O)[O-])c1. The Labute approximate surface area is 132 Å². The molecule has 9 nitrogen and oxygen atoms in total. The summed E-state index contributed by atoms with van der Waals surface area (Å²) in [7, 11) is 1.29. The highest BCUT2D eigenvalue weighted by molar-refractivity contribution is 5.95. The number of nitrogens with zero attached hydrogens (tertiary/aromatic N) is 3. The monoisotopic (exact) mass is 322 g/mol. The Morgan fingerprint density at radius 3 is 2.43 bits per heavy atom. The zero-order valence-electron chi connectivity index (χ0n) is 12.9. The van der Waals surface area contributed by atoms with Crippen molar-refractivity contribution in [2.24, 2.45) is 0 Å². The van der Waals surface area contributed by atoms with Gasteiger partial charge in [0.05, 0.1) is 12.0 Å². The van der Waals surface area contributed by atoms with Crippen LogP contribution in [-0.2, 0) is 9.63 Å². The fourth-order valence-corrected chi connectivity index (χ4v) is 2.49. The topological polar surface area (TPSA) is 105 Å². The Morgan fingerprint density at radius 1 is 1.26 bits per heavy atom. The van der Waals surface area contributed by atoms with E-state index in [1.54, 1.807) is 11.0 Å². The lowest BCUT2D eigenvalue weighted by atomic mass is 10.1. The Kier molecular flexibility index (Phi) is 5.12. The van der Waals surface area contributed by atoms with Gasteiger partial charge in [-0.15, -0.1) is 0 Å². The molecule has 0 radical (unpaired) electrons. The average Bonchev–Trinajstić information content (AvgIpc) is 2.54. The first kappa shape index (κ1) is 16.7. The Morgan fingerprint density at radius 2 is 1.91 bits per heavy atom. The maximum absolute atomic E-state index is 11.7. The molecule has 23 heavy (non-hydrogen) atoms. The van der Waals surface area contributed by atoms with Crippen LogP contribution < -0.4 is 10.4 Å². The van der Waals surface area contributed by atoms with E-state index in [1.807, 2.05) is 4.90 Å². The highest BCUT2D eigenvalue weighted by Crippen LogP contribution is 2.30. The van der Waals surface area contributed by atoms with E-state index >= 15 is 0 Å². The number of amides is 2. The first-order valence-electron chi connectivity index (χ1n) is 7.06. The summed E-state index contributed by atoms with van der Waals surface area (Å²) in [5.74, 6) is -0.561. The van der Waals surface area contributed by atoms with Gasteiger partial charge in [0.2, 0.25) is 5.91 Å². The van der Waals surface area contributed by atoms with Gasteiger partial charge in [-0.25, -0.2) is 5.48 Å². The van der Waals surface area contributed by atoms with Crippen LogP contribution in [0.5, 0.6) is 0 Å². The van der Waals surface area contributed by atoms with E-state index in [-0.39, 0.29) is 17.2 Å². The molecule has 9 heteroatoms. The smallest absolute Gasteiger partial charge is 0.293 e. The van der Waals surface area contributed by atoms with Crippen molar-refractivity contribution in [1.29, 1.82) is 0 Å². The summed E-state index contributed by atoms with van der Waals surface area (Å²) in [4.78, 5) is 41.9. The summed E-state index contributed by atoms with van der Waals surface area (Å²) in [6, 6.07) is 4.28. The summed E-state index contributed by atoms with van der Waals surface area (Å²) in [6.07, 6.45) is 0. The van der Waals surface area contributed by atoms with E-state index in [0.717, 1.165) is 0 Å². The molecule has 1 aromatic carbocycles. The van der Waals surface area contributed by atoms with Gasteiger partial charge in [-0.2, -0.15) is 0 Å². The summed E-state index contributed by atoms with van der Waals surface area (Å²) in [5, 5.41) is 11.3. The Balaban J connectivity index is 2.24. The molecular formula is C14H18N4O5. The molecule has 0 bridgehead atoms. The van der Waals surface area contributed by atoms with Crippen LogP contribution in [0, 0.1) is 10.1 Å². The third-order valence-corrected chi connectivity index (χ3v) is 3.69. The molecule has 0 atom stereocenters. The number of hydrogen-bond donors (Lipinski definition) is 1. The van der Waals surface area contributed by atoms with Crippen molar-refractivity contribution in [2.45, 2.75) is 6.92 Å². The lowest BCUT2D eigenvalue weighted by molar-refractivity contribution is -0.384. The molecule has 124 valence electrons. The maximum atomic E-state index is 11.7. The van der Waals surface area contributed by atoms with E-state index in [4.69, 9.17) is 0 Å². The predicted molar refractivity (Wildman–Crippen MR) is 82.0 cm³/mol. The molecule has 2 amide bonds. The molecule has 1 aliphatic rings. The van der Waals surface area contributed by atoms with Gasteiger partial charge in [0.25, 0.3) is 11.6 Å². The second-order valence-electron chi connectivity index (χ2n) is 5.09. The largest absolute Gasteiger partial charge is 0.362 e. The van der Waals surface area contributed by atoms with Gasteiger partial charge in [0, 0.05) is 44.7 Å². The Bertz CT molecular complexity index is 626. The van der Waals surface area contributed by atoms with Gasteiger partial charge in [-0.1, -0.05) is 0 Å². The molecule has 1 aliphatic heterocycles. The zero-order chi connectivity index (χ0) is 17.0. The van der Waals surface area contributed by atoms with Crippen molar-refractivity contribution < 1.29 is 19.3 Å². The number of carbonyl (C=O) groups excluding carboxylic acids is 2. The molecule has 1 heterocycles. The van der Waals surface area contributed by atoms with E-state index in [9.17, 15) is 19.7 Å². The fraction of sp³-hybridized carbons (Fsp3) is 0.429. The standard InChI is InChI=1S/C14H18N4O5/c1-10(19)16-5-7-17(8-6-16)12-4-3-11(14(20)15-23-2)9-13(12)18(21)22/h3-4,9H,5-8H2,1-2H3,(H,15,20). The van der Waals surface area contributed by atoms with E-state index in [0.29, 0.717) is 31.9 Å². The third-order valence-electron chi connectivity index (χ3n) is 3.69.